The summed E-state index contributed by atoms with van der Waals surface area (Å²) < 4.78 is 12.2. The fourth-order valence-electron chi connectivity index (χ4n) is 4.08. The maximum absolute atomic E-state index is 6.10. The van der Waals surface area contributed by atoms with Crippen molar-refractivity contribution in [1.82, 2.24) is 9.80 Å². The Morgan fingerprint density at radius 3 is 1.52 bits per heavy atom. The number of nitrogens with zero attached hydrogens (tertiary/aromatic N) is 2. The zero-order valence-corrected chi connectivity index (χ0v) is 12.9. The van der Waals surface area contributed by atoms with Gasteiger partial charge in [-0.2, -0.15) is 0 Å². The maximum atomic E-state index is 6.10. The molecule has 0 saturated carbocycles. The Hall–Kier alpha value is -1.72. The zero-order valence-electron chi connectivity index (χ0n) is 12.9. The van der Waals surface area contributed by atoms with Gasteiger partial charge in [-0.05, 0) is 11.1 Å². The lowest BCUT2D eigenvalue weighted by molar-refractivity contribution is -0.0614. The summed E-state index contributed by atoms with van der Waals surface area (Å²) in [5.74, 6) is 0. The lowest BCUT2D eigenvalue weighted by atomic mass is 10.1. The Kier molecular flexibility index (Phi) is 3.23. The van der Waals surface area contributed by atoms with Gasteiger partial charge in [0.1, 0.15) is 0 Å². The van der Waals surface area contributed by atoms with E-state index in [1.54, 1.807) is 0 Å². The topological polar surface area (TPSA) is 24.9 Å². The van der Waals surface area contributed by atoms with E-state index in [-0.39, 0.29) is 12.5 Å². The van der Waals surface area contributed by atoms with E-state index in [0.717, 1.165) is 19.9 Å². The molecule has 2 aromatic carbocycles. The van der Waals surface area contributed by atoms with Crippen molar-refractivity contribution in [3.63, 3.8) is 0 Å². The molecule has 0 aliphatic carbocycles. The summed E-state index contributed by atoms with van der Waals surface area (Å²) in [5, 5.41) is 0. The van der Waals surface area contributed by atoms with Crippen LogP contribution >= 0.6 is 0 Å². The van der Waals surface area contributed by atoms with E-state index in [1.165, 1.54) is 11.1 Å². The van der Waals surface area contributed by atoms with E-state index in [2.05, 4.69) is 70.5 Å². The summed E-state index contributed by atoms with van der Waals surface area (Å²) in [5.41, 5.74) is 2.65. The average molecular weight is 308 g/mol. The molecule has 3 aliphatic heterocycles. The fourth-order valence-corrected chi connectivity index (χ4v) is 4.08. The molecular weight excluding hydrogens is 288 g/mol. The van der Waals surface area contributed by atoms with Crippen LogP contribution in [-0.4, -0.2) is 42.1 Å². The van der Waals surface area contributed by atoms with Crippen molar-refractivity contribution in [2.75, 3.05) is 19.9 Å². The molecule has 0 aromatic heterocycles. The molecule has 4 heteroatoms. The van der Waals surface area contributed by atoms with Gasteiger partial charge >= 0.3 is 0 Å². The van der Waals surface area contributed by atoms with E-state index < -0.39 is 0 Å². The predicted molar refractivity (Wildman–Crippen MR) is 86.4 cm³/mol. The Morgan fingerprint density at radius 1 is 0.652 bits per heavy atom. The number of hydrogen-bond donors (Lipinski definition) is 0. The summed E-state index contributed by atoms with van der Waals surface area (Å²) in [6, 6.07) is 21.9. The van der Waals surface area contributed by atoms with Crippen molar-refractivity contribution in [2.45, 2.75) is 24.5 Å². The third-order valence-electron chi connectivity index (χ3n) is 5.24. The first-order valence-corrected chi connectivity index (χ1v) is 8.26. The van der Waals surface area contributed by atoms with E-state index in [1.807, 2.05) is 0 Å². The largest absolute Gasteiger partial charge is 0.357 e. The molecule has 0 amide bonds. The highest BCUT2D eigenvalue weighted by molar-refractivity contribution is 5.23. The van der Waals surface area contributed by atoms with Gasteiger partial charge in [0.25, 0.3) is 0 Å². The van der Waals surface area contributed by atoms with Crippen LogP contribution in [-0.2, 0) is 9.47 Å². The van der Waals surface area contributed by atoms with Crippen LogP contribution in [0.3, 0.4) is 0 Å². The van der Waals surface area contributed by atoms with Crippen LogP contribution < -0.4 is 0 Å². The molecule has 0 bridgehead atoms. The molecule has 5 rings (SSSR count). The third-order valence-corrected chi connectivity index (χ3v) is 5.24. The minimum atomic E-state index is 0.0499. The summed E-state index contributed by atoms with van der Waals surface area (Å²) in [7, 11) is 0. The molecule has 3 saturated heterocycles. The van der Waals surface area contributed by atoms with Gasteiger partial charge in [0.05, 0.1) is 32.0 Å². The molecule has 4 atom stereocenters. The minimum absolute atomic E-state index is 0.0499. The molecule has 118 valence electrons. The molecule has 2 aromatic rings. The highest BCUT2D eigenvalue weighted by Gasteiger charge is 2.54. The first-order valence-electron chi connectivity index (χ1n) is 8.26. The highest BCUT2D eigenvalue weighted by Crippen LogP contribution is 2.44. The Balaban J connectivity index is 1.41. The molecule has 0 spiro atoms. The smallest absolute Gasteiger partial charge is 0.152 e. The van der Waals surface area contributed by atoms with Crippen LogP contribution in [0.2, 0.25) is 0 Å². The lowest BCUT2D eigenvalue weighted by Gasteiger charge is -2.25. The summed E-state index contributed by atoms with van der Waals surface area (Å²) in [6.07, 6.45) is 0.0998. The van der Waals surface area contributed by atoms with Gasteiger partial charge in [0, 0.05) is 0 Å². The van der Waals surface area contributed by atoms with E-state index in [9.17, 15) is 0 Å². The first-order chi connectivity index (χ1) is 11.4. The van der Waals surface area contributed by atoms with Crippen molar-refractivity contribution in [1.29, 1.82) is 0 Å². The summed E-state index contributed by atoms with van der Waals surface area (Å²) in [6.45, 7) is 2.39. The molecule has 0 radical (unpaired) electrons. The Bertz CT molecular complexity index is 619. The van der Waals surface area contributed by atoms with E-state index >= 15 is 0 Å². The van der Waals surface area contributed by atoms with Crippen LogP contribution in [0.1, 0.15) is 23.2 Å². The normalized spacial score (nSPS) is 33.7. The third kappa shape index (κ3) is 2.14. The molecule has 3 heterocycles. The van der Waals surface area contributed by atoms with Crippen LogP contribution in [0, 0.1) is 0 Å². The monoisotopic (exact) mass is 308 g/mol. The molecule has 0 N–H and O–H groups in total. The zero-order chi connectivity index (χ0) is 15.2. The van der Waals surface area contributed by atoms with Gasteiger partial charge < -0.3 is 9.47 Å². The number of fused-ring (bicyclic) bond motifs is 3. The van der Waals surface area contributed by atoms with E-state index in [0.29, 0.717) is 12.1 Å². The summed E-state index contributed by atoms with van der Waals surface area (Å²) >= 11 is 0. The van der Waals surface area contributed by atoms with Crippen molar-refractivity contribution in [3.8, 4) is 0 Å². The second-order valence-corrected chi connectivity index (χ2v) is 6.47. The molecule has 23 heavy (non-hydrogen) atoms. The number of ether oxygens (including phenoxy) is 2. The predicted octanol–water partition coefficient (Wildman–Crippen LogP) is 2.76. The Morgan fingerprint density at radius 2 is 1.09 bits per heavy atom. The fraction of sp³-hybridized carbons (Fsp3) is 0.368. The van der Waals surface area contributed by atoms with Crippen molar-refractivity contribution in [2.24, 2.45) is 0 Å². The standard InChI is InChI=1S/C19H20N2O2/c1-3-7-14(8-4-1)16-11-22-18-19-21(13-20(16)18)17(12-23-19)15-9-5-2-6-10-15/h1-10,16-19H,11-13H2/t16-,17-,18?,19?/m1/s1. The molecule has 3 fully saturated rings. The quantitative estimate of drug-likeness (QED) is 0.852. The SMILES string of the molecule is c1ccc([C@H]2COC3C4OC[C@H](c5ccccc5)N4CN32)cc1. The van der Waals surface area contributed by atoms with E-state index in [4.69, 9.17) is 9.47 Å². The molecule has 2 unspecified atom stereocenters. The number of benzene rings is 2. The van der Waals surface area contributed by atoms with Crippen molar-refractivity contribution in [3.05, 3.63) is 71.8 Å². The highest BCUT2D eigenvalue weighted by atomic mass is 16.6. The van der Waals surface area contributed by atoms with Crippen LogP contribution in [0.5, 0.6) is 0 Å². The lowest BCUT2D eigenvalue weighted by Crippen LogP contribution is -2.33. The average Bonchev–Trinajstić information content (AvgIpc) is 3.27. The number of hydrogen-bond acceptors (Lipinski definition) is 4. The maximum Gasteiger partial charge on any atom is 0.152 e. The van der Waals surface area contributed by atoms with Crippen LogP contribution in [0.15, 0.2) is 60.7 Å². The van der Waals surface area contributed by atoms with Gasteiger partial charge in [-0.25, -0.2) is 0 Å². The van der Waals surface area contributed by atoms with Gasteiger partial charge in [-0.1, -0.05) is 60.7 Å². The first kappa shape index (κ1) is 13.7. The Labute approximate surface area is 136 Å². The van der Waals surface area contributed by atoms with Crippen molar-refractivity contribution < 1.29 is 9.47 Å². The van der Waals surface area contributed by atoms with Gasteiger partial charge in [0.2, 0.25) is 0 Å². The second kappa shape index (κ2) is 5.42. The molecule has 3 aliphatic rings. The summed E-state index contributed by atoms with van der Waals surface area (Å²) in [4.78, 5) is 4.88. The van der Waals surface area contributed by atoms with Gasteiger partial charge in [0.15, 0.2) is 12.5 Å². The van der Waals surface area contributed by atoms with Crippen LogP contribution in [0.25, 0.3) is 0 Å². The minimum Gasteiger partial charge on any atom is -0.357 e. The van der Waals surface area contributed by atoms with Crippen molar-refractivity contribution >= 4 is 0 Å². The number of rotatable bonds is 2. The van der Waals surface area contributed by atoms with Gasteiger partial charge in [-0.3, -0.25) is 9.80 Å². The second-order valence-electron chi connectivity index (χ2n) is 6.47. The molecule has 4 nitrogen and oxygen atoms in total. The van der Waals surface area contributed by atoms with Crippen LogP contribution in [0.4, 0.5) is 0 Å². The van der Waals surface area contributed by atoms with Gasteiger partial charge in [-0.15, -0.1) is 0 Å². The molecular formula is C19H20N2O2.